The zero-order chi connectivity index (χ0) is 16.7. The van der Waals surface area contributed by atoms with Gasteiger partial charge in [0.15, 0.2) is 0 Å². The Labute approximate surface area is 147 Å². The van der Waals surface area contributed by atoms with E-state index in [1.807, 2.05) is 25.1 Å². The van der Waals surface area contributed by atoms with Crippen LogP contribution in [0.5, 0.6) is 0 Å². The number of halogens is 2. The predicted octanol–water partition coefficient (Wildman–Crippen LogP) is 3.35. The van der Waals surface area contributed by atoms with Gasteiger partial charge in [-0.05, 0) is 32.0 Å². The molecule has 0 unspecified atom stereocenters. The maximum Gasteiger partial charge on any atom is 0.233 e. The van der Waals surface area contributed by atoms with Crippen LogP contribution in [0.25, 0.3) is 0 Å². The van der Waals surface area contributed by atoms with E-state index in [4.69, 9.17) is 23.2 Å². The molecule has 6 heteroatoms. The molecule has 1 aliphatic heterocycles. The number of amides is 1. The van der Waals surface area contributed by atoms with Crippen LogP contribution in [0.3, 0.4) is 0 Å². The first-order valence-electron chi connectivity index (χ1n) is 8.13. The highest BCUT2D eigenvalue weighted by atomic mass is 35.5. The molecule has 0 aromatic heterocycles. The van der Waals surface area contributed by atoms with Crippen LogP contribution in [0.1, 0.15) is 20.3 Å². The molecular weight excluding hydrogens is 333 g/mol. The molecule has 126 valence electrons. The van der Waals surface area contributed by atoms with Gasteiger partial charge in [0.2, 0.25) is 5.91 Å². The van der Waals surface area contributed by atoms with Crippen LogP contribution in [-0.4, -0.2) is 47.9 Å². The number of nitrogens with one attached hydrogen (secondary N) is 1. The number of carbonyl (C=O) groups excluding carboxylic acids is 1. The summed E-state index contributed by atoms with van der Waals surface area (Å²) in [5, 5.41) is 3.03. The van der Waals surface area contributed by atoms with Crippen molar-refractivity contribution in [2.45, 2.75) is 24.6 Å². The Morgan fingerprint density at radius 1 is 1.22 bits per heavy atom. The van der Waals surface area contributed by atoms with Gasteiger partial charge in [0, 0.05) is 26.2 Å². The number of anilines is 2. The largest absolute Gasteiger partial charge is 0.367 e. The topological polar surface area (TPSA) is 35.6 Å². The second kappa shape index (κ2) is 6.15. The molecule has 1 heterocycles. The Hall–Kier alpha value is -0.970. The Bertz CT molecular complexity index is 599. The van der Waals surface area contributed by atoms with E-state index >= 15 is 0 Å². The van der Waals surface area contributed by atoms with Crippen LogP contribution < -0.4 is 10.2 Å². The first-order valence-corrected chi connectivity index (χ1v) is 8.88. The highest BCUT2D eigenvalue weighted by Gasteiger charge is 2.67. The summed E-state index contributed by atoms with van der Waals surface area (Å²) < 4.78 is -0.946. The first-order chi connectivity index (χ1) is 10.9. The number of alkyl halides is 2. The number of rotatable bonds is 4. The Morgan fingerprint density at radius 2 is 1.83 bits per heavy atom. The van der Waals surface area contributed by atoms with E-state index in [1.54, 1.807) is 0 Å². The van der Waals surface area contributed by atoms with Crippen molar-refractivity contribution in [3.63, 3.8) is 0 Å². The maximum absolute atomic E-state index is 12.5. The van der Waals surface area contributed by atoms with Crippen molar-refractivity contribution in [3.8, 4) is 0 Å². The maximum atomic E-state index is 12.5. The van der Waals surface area contributed by atoms with Crippen molar-refractivity contribution in [2.24, 2.45) is 5.41 Å². The fraction of sp³-hybridized carbons (Fsp3) is 0.588. The number of nitrogens with zero attached hydrogens (tertiary/aromatic N) is 2. The van der Waals surface area contributed by atoms with Crippen molar-refractivity contribution in [3.05, 3.63) is 24.3 Å². The van der Waals surface area contributed by atoms with E-state index in [0.29, 0.717) is 6.42 Å². The second-order valence-electron chi connectivity index (χ2n) is 6.61. The lowest BCUT2D eigenvalue weighted by Crippen LogP contribution is -2.46. The first kappa shape index (κ1) is 16.9. The molecule has 1 aromatic rings. The molecule has 1 saturated carbocycles. The molecule has 0 bridgehead atoms. The van der Waals surface area contributed by atoms with Crippen LogP contribution in [0.4, 0.5) is 11.4 Å². The summed E-state index contributed by atoms with van der Waals surface area (Å²) >= 11 is 12.2. The predicted molar refractivity (Wildman–Crippen MR) is 96.6 cm³/mol. The van der Waals surface area contributed by atoms with Crippen LogP contribution in [-0.2, 0) is 4.79 Å². The highest BCUT2D eigenvalue weighted by Crippen LogP contribution is 2.64. The lowest BCUT2D eigenvalue weighted by Gasteiger charge is -2.36. The van der Waals surface area contributed by atoms with Crippen molar-refractivity contribution >= 4 is 40.5 Å². The van der Waals surface area contributed by atoms with Gasteiger partial charge in [-0.25, -0.2) is 0 Å². The van der Waals surface area contributed by atoms with Gasteiger partial charge in [0.25, 0.3) is 0 Å². The molecule has 23 heavy (non-hydrogen) atoms. The number of para-hydroxylation sites is 2. The van der Waals surface area contributed by atoms with Crippen LogP contribution in [0, 0.1) is 5.41 Å². The Kier molecular flexibility index (Phi) is 4.51. The summed E-state index contributed by atoms with van der Waals surface area (Å²) in [6.45, 7) is 9.10. The van der Waals surface area contributed by atoms with Crippen LogP contribution in [0.2, 0.25) is 0 Å². The third-order valence-electron chi connectivity index (χ3n) is 5.07. The van der Waals surface area contributed by atoms with E-state index < -0.39 is 9.75 Å². The molecule has 1 aromatic carbocycles. The summed E-state index contributed by atoms with van der Waals surface area (Å²) in [4.78, 5) is 17.3. The molecule has 2 aliphatic rings. The zero-order valence-corrected chi connectivity index (χ0v) is 15.1. The Morgan fingerprint density at radius 3 is 2.39 bits per heavy atom. The van der Waals surface area contributed by atoms with Crippen molar-refractivity contribution in [1.29, 1.82) is 0 Å². The third kappa shape index (κ3) is 3.17. The van der Waals surface area contributed by atoms with Gasteiger partial charge in [-0.2, -0.15) is 0 Å². The average molecular weight is 356 g/mol. The van der Waals surface area contributed by atoms with Gasteiger partial charge in [-0.3, -0.25) is 4.79 Å². The van der Waals surface area contributed by atoms with Crippen molar-refractivity contribution in [2.75, 3.05) is 42.9 Å². The minimum Gasteiger partial charge on any atom is -0.367 e. The molecular formula is C17H23Cl2N3O. The fourth-order valence-corrected chi connectivity index (χ4v) is 3.77. The van der Waals surface area contributed by atoms with E-state index in [0.717, 1.165) is 44.1 Å². The van der Waals surface area contributed by atoms with Gasteiger partial charge < -0.3 is 15.1 Å². The summed E-state index contributed by atoms with van der Waals surface area (Å²) in [6.07, 6.45) is 0.492. The van der Waals surface area contributed by atoms with E-state index in [1.165, 1.54) is 0 Å². The molecule has 2 fully saturated rings. The third-order valence-corrected chi connectivity index (χ3v) is 6.17. The number of piperazine rings is 1. The average Bonchev–Trinajstić information content (AvgIpc) is 3.08. The molecule has 1 aliphatic carbocycles. The molecule has 0 radical (unpaired) electrons. The molecule has 4 nitrogen and oxygen atoms in total. The molecule has 0 spiro atoms. The van der Waals surface area contributed by atoms with Gasteiger partial charge >= 0.3 is 0 Å². The Balaban J connectivity index is 1.73. The van der Waals surface area contributed by atoms with Gasteiger partial charge in [0.1, 0.15) is 4.33 Å². The highest BCUT2D eigenvalue weighted by molar-refractivity contribution is 6.53. The minimum absolute atomic E-state index is 0.109. The van der Waals surface area contributed by atoms with E-state index in [2.05, 4.69) is 28.1 Å². The summed E-state index contributed by atoms with van der Waals surface area (Å²) in [5.41, 5.74) is 1.19. The lowest BCUT2D eigenvalue weighted by molar-refractivity contribution is -0.120. The normalized spacial score (nSPS) is 26.9. The summed E-state index contributed by atoms with van der Waals surface area (Å²) in [6, 6.07) is 7.94. The lowest BCUT2D eigenvalue weighted by atomic mass is 10.1. The van der Waals surface area contributed by atoms with Crippen molar-refractivity contribution < 1.29 is 4.79 Å². The quantitative estimate of drug-likeness (QED) is 0.841. The standard InChI is InChI=1S/C17H23Cl2N3O/c1-3-21-8-10-22(11-9-21)14-7-5-4-6-13(14)20-15(23)16(2)12-17(16,18)19/h4-7H,3,8-12H2,1-2H3,(H,20,23)/t16-/m0/s1. The fourth-order valence-electron chi connectivity index (χ4n) is 3.07. The number of hydrogen-bond donors (Lipinski definition) is 1. The smallest absolute Gasteiger partial charge is 0.233 e. The van der Waals surface area contributed by atoms with Crippen LogP contribution >= 0.6 is 23.2 Å². The molecule has 1 amide bonds. The monoisotopic (exact) mass is 355 g/mol. The minimum atomic E-state index is -0.946. The van der Waals surface area contributed by atoms with Crippen LogP contribution in [0.15, 0.2) is 24.3 Å². The van der Waals surface area contributed by atoms with Gasteiger partial charge in [-0.1, -0.05) is 19.1 Å². The van der Waals surface area contributed by atoms with Crippen molar-refractivity contribution in [1.82, 2.24) is 4.90 Å². The SMILES string of the molecule is CCN1CCN(c2ccccc2NC(=O)[C@]2(C)CC2(Cl)Cl)CC1. The van der Waals surface area contributed by atoms with E-state index in [-0.39, 0.29) is 5.91 Å². The molecule has 3 rings (SSSR count). The number of likely N-dealkylation sites (N-methyl/N-ethyl adjacent to an activating group) is 1. The van der Waals surface area contributed by atoms with Gasteiger partial charge in [-0.15, -0.1) is 23.2 Å². The molecule has 1 saturated heterocycles. The van der Waals surface area contributed by atoms with Gasteiger partial charge in [0.05, 0.1) is 16.8 Å². The molecule has 1 atom stereocenters. The molecule has 1 N–H and O–H groups in total. The summed E-state index contributed by atoms with van der Waals surface area (Å²) in [5.74, 6) is -0.109. The zero-order valence-electron chi connectivity index (χ0n) is 13.6. The summed E-state index contributed by atoms with van der Waals surface area (Å²) in [7, 11) is 0. The number of carbonyl (C=O) groups is 1. The second-order valence-corrected chi connectivity index (χ2v) is 8.09. The number of benzene rings is 1. The number of hydrogen-bond acceptors (Lipinski definition) is 3. The van der Waals surface area contributed by atoms with E-state index in [9.17, 15) is 4.79 Å².